The van der Waals surface area contributed by atoms with Crippen molar-refractivity contribution in [1.29, 1.82) is 0 Å². The summed E-state index contributed by atoms with van der Waals surface area (Å²) in [6, 6.07) is 0. The van der Waals surface area contributed by atoms with Crippen molar-refractivity contribution in [1.82, 2.24) is 9.55 Å². The molecule has 0 spiro atoms. The number of ether oxygens (including phenoxy) is 1. The van der Waals surface area contributed by atoms with E-state index in [-0.39, 0.29) is 5.54 Å². The first-order valence-electron chi connectivity index (χ1n) is 5.03. The van der Waals surface area contributed by atoms with Crippen molar-refractivity contribution in [2.45, 2.75) is 25.3 Å². The summed E-state index contributed by atoms with van der Waals surface area (Å²) in [7, 11) is 2.00. The molecule has 1 fully saturated rings. The van der Waals surface area contributed by atoms with E-state index in [1.165, 1.54) is 0 Å². The molecular formula is C10H17N3O. The highest BCUT2D eigenvalue weighted by molar-refractivity contribution is 5.30. The Morgan fingerprint density at radius 3 is 2.79 bits per heavy atom. The van der Waals surface area contributed by atoms with Gasteiger partial charge < -0.3 is 14.6 Å². The Kier molecular flexibility index (Phi) is 2.46. The second kappa shape index (κ2) is 3.61. The summed E-state index contributed by atoms with van der Waals surface area (Å²) in [5.74, 6) is 0.939. The minimum absolute atomic E-state index is 0.136. The van der Waals surface area contributed by atoms with Crippen molar-refractivity contribution in [2.75, 3.05) is 18.5 Å². The lowest BCUT2D eigenvalue weighted by Gasteiger charge is -2.34. The maximum absolute atomic E-state index is 5.35. The van der Waals surface area contributed by atoms with Crippen LogP contribution in [0, 0.1) is 0 Å². The van der Waals surface area contributed by atoms with Crippen LogP contribution >= 0.6 is 0 Å². The van der Waals surface area contributed by atoms with Crippen molar-refractivity contribution in [3.05, 3.63) is 12.4 Å². The zero-order valence-corrected chi connectivity index (χ0v) is 8.79. The molecule has 0 saturated carbocycles. The summed E-state index contributed by atoms with van der Waals surface area (Å²) in [5.41, 5.74) is 0.136. The highest BCUT2D eigenvalue weighted by Crippen LogP contribution is 2.24. The first kappa shape index (κ1) is 9.52. The Morgan fingerprint density at radius 2 is 2.21 bits per heavy atom. The van der Waals surface area contributed by atoms with Gasteiger partial charge in [0.25, 0.3) is 0 Å². The fourth-order valence-electron chi connectivity index (χ4n) is 1.70. The normalized spacial score (nSPS) is 20.7. The molecule has 14 heavy (non-hydrogen) atoms. The van der Waals surface area contributed by atoms with Crippen LogP contribution in [-0.2, 0) is 11.8 Å². The second-order valence-corrected chi connectivity index (χ2v) is 4.16. The minimum Gasteiger partial charge on any atom is -0.381 e. The number of aromatic nitrogens is 2. The van der Waals surface area contributed by atoms with Crippen molar-refractivity contribution in [3.63, 3.8) is 0 Å². The van der Waals surface area contributed by atoms with Gasteiger partial charge in [-0.1, -0.05) is 0 Å². The quantitative estimate of drug-likeness (QED) is 0.775. The maximum atomic E-state index is 5.35. The van der Waals surface area contributed by atoms with Crippen molar-refractivity contribution in [2.24, 2.45) is 7.05 Å². The molecule has 1 aromatic rings. The third kappa shape index (κ3) is 1.90. The van der Waals surface area contributed by atoms with E-state index in [4.69, 9.17) is 4.74 Å². The van der Waals surface area contributed by atoms with Gasteiger partial charge in [-0.2, -0.15) is 0 Å². The van der Waals surface area contributed by atoms with E-state index < -0.39 is 0 Å². The summed E-state index contributed by atoms with van der Waals surface area (Å²) in [6.45, 7) is 3.91. The number of nitrogens with zero attached hydrogens (tertiary/aromatic N) is 2. The summed E-state index contributed by atoms with van der Waals surface area (Å²) in [5, 5.41) is 3.48. The Morgan fingerprint density at radius 1 is 1.50 bits per heavy atom. The number of imidazole rings is 1. The number of nitrogens with one attached hydrogen (secondary N) is 1. The highest BCUT2D eigenvalue weighted by atomic mass is 16.5. The van der Waals surface area contributed by atoms with Gasteiger partial charge in [-0.3, -0.25) is 0 Å². The van der Waals surface area contributed by atoms with Crippen LogP contribution in [0.5, 0.6) is 0 Å². The second-order valence-electron chi connectivity index (χ2n) is 4.16. The predicted molar refractivity (Wildman–Crippen MR) is 55.3 cm³/mol. The first-order valence-corrected chi connectivity index (χ1v) is 5.03. The molecule has 2 rings (SSSR count). The average molecular weight is 195 g/mol. The lowest BCUT2D eigenvalue weighted by molar-refractivity contribution is 0.0655. The van der Waals surface area contributed by atoms with Gasteiger partial charge in [0.15, 0.2) is 0 Å². The van der Waals surface area contributed by atoms with Crippen molar-refractivity contribution in [3.8, 4) is 0 Å². The Labute approximate surface area is 84.3 Å². The zero-order chi connectivity index (χ0) is 10.0. The van der Waals surface area contributed by atoms with Gasteiger partial charge in [-0.15, -0.1) is 0 Å². The molecule has 0 amide bonds. The lowest BCUT2D eigenvalue weighted by atomic mass is 9.93. The van der Waals surface area contributed by atoms with Crippen LogP contribution in [0.1, 0.15) is 19.8 Å². The fourth-order valence-corrected chi connectivity index (χ4v) is 1.70. The van der Waals surface area contributed by atoms with Gasteiger partial charge in [-0.25, -0.2) is 4.98 Å². The maximum Gasteiger partial charge on any atom is 0.202 e. The topological polar surface area (TPSA) is 39.1 Å². The predicted octanol–water partition coefficient (Wildman–Crippen LogP) is 1.40. The molecular weight excluding hydrogens is 178 g/mol. The SMILES string of the molecule is Cn1ccnc1NC1(C)CCOCC1. The van der Waals surface area contributed by atoms with E-state index in [0.717, 1.165) is 32.0 Å². The van der Waals surface area contributed by atoms with Crippen molar-refractivity contribution >= 4 is 5.95 Å². The summed E-state index contributed by atoms with van der Waals surface area (Å²) in [4.78, 5) is 4.27. The zero-order valence-electron chi connectivity index (χ0n) is 8.79. The molecule has 0 unspecified atom stereocenters. The van der Waals surface area contributed by atoms with Gasteiger partial charge in [0, 0.05) is 38.2 Å². The molecule has 0 radical (unpaired) electrons. The lowest BCUT2D eigenvalue weighted by Crippen LogP contribution is -2.41. The molecule has 2 heterocycles. The van der Waals surface area contributed by atoms with Crippen LogP contribution in [0.25, 0.3) is 0 Å². The summed E-state index contributed by atoms with van der Waals surface area (Å²) >= 11 is 0. The molecule has 0 bridgehead atoms. The Balaban J connectivity index is 2.05. The number of hydrogen-bond acceptors (Lipinski definition) is 3. The van der Waals surface area contributed by atoms with Crippen LogP contribution in [0.2, 0.25) is 0 Å². The minimum atomic E-state index is 0.136. The monoisotopic (exact) mass is 195 g/mol. The molecule has 0 aliphatic carbocycles. The van der Waals surface area contributed by atoms with E-state index in [1.54, 1.807) is 0 Å². The van der Waals surface area contributed by atoms with E-state index in [1.807, 2.05) is 24.0 Å². The number of aryl methyl sites for hydroxylation is 1. The molecule has 0 atom stereocenters. The van der Waals surface area contributed by atoms with Gasteiger partial charge >= 0.3 is 0 Å². The molecule has 4 nitrogen and oxygen atoms in total. The third-order valence-corrected chi connectivity index (χ3v) is 2.83. The first-order chi connectivity index (χ1) is 6.70. The van der Waals surface area contributed by atoms with Gasteiger partial charge in [0.1, 0.15) is 0 Å². The van der Waals surface area contributed by atoms with Crippen LogP contribution in [0.4, 0.5) is 5.95 Å². The number of rotatable bonds is 2. The molecule has 78 valence electrons. The largest absolute Gasteiger partial charge is 0.381 e. The van der Waals surface area contributed by atoms with Crippen LogP contribution in [0.3, 0.4) is 0 Å². The number of anilines is 1. The summed E-state index contributed by atoms with van der Waals surface area (Å²) in [6.07, 6.45) is 5.84. The Hall–Kier alpha value is -1.03. The smallest absolute Gasteiger partial charge is 0.202 e. The van der Waals surface area contributed by atoms with E-state index in [2.05, 4.69) is 17.2 Å². The van der Waals surface area contributed by atoms with Gasteiger partial charge in [0.05, 0.1) is 0 Å². The molecule has 1 aliphatic heterocycles. The molecule has 1 aromatic heterocycles. The van der Waals surface area contributed by atoms with Gasteiger partial charge in [-0.05, 0) is 19.8 Å². The summed E-state index contributed by atoms with van der Waals surface area (Å²) < 4.78 is 7.35. The van der Waals surface area contributed by atoms with Gasteiger partial charge in [0.2, 0.25) is 5.95 Å². The Bertz CT molecular complexity index is 302. The van der Waals surface area contributed by atoms with Crippen molar-refractivity contribution < 1.29 is 4.74 Å². The van der Waals surface area contributed by atoms with Crippen LogP contribution in [0.15, 0.2) is 12.4 Å². The highest BCUT2D eigenvalue weighted by Gasteiger charge is 2.27. The van der Waals surface area contributed by atoms with Crippen LogP contribution < -0.4 is 5.32 Å². The van der Waals surface area contributed by atoms with E-state index in [0.29, 0.717) is 0 Å². The molecule has 1 aliphatic rings. The molecule has 1 N–H and O–H groups in total. The molecule has 1 saturated heterocycles. The molecule has 0 aromatic carbocycles. The van der Waals surface area contributed by atoms with E-state index >= 15 is 0 Å². The fraction of sp³-hybridized carbons (Fsp3) is 0.700. The molecule has 4 heteroatoms. The average Bonchev–Trinajstić information content (AvgIpc) is 2.52. The van der Waals surface area contributed by atoms with Crippen LogP contribution in [-0.4, -0.2) is 28.3 Å². The standard InChI is InChI=1S/C10H17N3O/c1-10(3-7-14-8-4-10)12-9-11-5-6-13(9)2/h5-6H,3-4,7-8H2,1-2H3,(H,11,12). The van der Waals surface area contributed by atoms with E-state index in [9.17, 15) is 0 Å². The number of hydrogen-bond donors (Lipinski definition) is 1. The third-order valence-electron chi connectivity index (χ3n) is 2.83.